The van der Waals surface area contributed by atoms with Gasteiger partial charge in [-0.1, -0.05) is 13.0 Å². The van der Waals surface area contributed by atoms with Gasteiger partial charge in [0.05, 0.1) is 0 Å². The van der Waals surface area contributed by atoms with E-state index in [0.717, 1.165) is 6.42 Å². The molecule has 0 saturated carbocycles. The van der Waals surface area contributed by atoms with Crippen LogP contribution >= 0.6 is 0 Å². The molecule has 1 aromatic carbocycles. The fourth-order valence-electron chi connectivity index (χ4n) is 1.28. The predicted molar refractivity (Wildman–Crippen MR) is 66.1 cm³/mol. The Balaban J connectivity index is 2.54. The van der Waals surface area contributed by atoms with Gasteiger partial charge < -0.3 is 15.2 Å². The summed E-state index contributed by atoms with van der Waals surface area (Å²) in [4.78, 5) is 11.7. The van der Waals surface area contributed by atoms with Crippen LogP contribution in [0.5, 0.6) is 11.5 Å². The molecular weight excluding hydrogens is 218 g/mol. The van der Waals surface area contributed by atoms with Gasteiger partial charge in [-0.3, -0.25) is 4.79 Å². The fourth-order valence-corrected chi connectivity index (χ4v) is 1.28. The molecule has 4 heteroatoms. The average molecular weight is 237 g/mol. The molecule has 0 bridgehead atoms. The van der Waals surface area contributed by atoms with Gasteiger partial charge in [-0.25, -0.2) is 0 Å². The van der Waals surface area contributed by atoms with Gasteiger partial charge in [-0.05, 0) is 32.4 Å². The van der Waals surface area contributed by atoms with Gasteiger partial charge in [-0.15, -0.1) is 0 Å². The fraction of sp³-hybridized carbons (Fsp3) is 0.462. The number of hydrogen-bond donors (Lipinski definition) is 2. The SMILES string of the molecule is CCC(C)NC(=O)C(C)Oc1cccc(O)c1. The molecule has 0 aliphatic rings. The third-order valence-corrected chi connectivity index (χ3v) is 2.50. The van der Waals surface area contributed by atoms with E-state index >= 15 is 0 Å². The van der Waals surface area contributed by atoms with Crippen molar-refractivity contribution >= 4 is 5.91 Å². The van der Waals surface area contributed by atoms with Crippen LogP contribution in [0.2, 0.25) is 0 Å². The van der Waals surface area contributed by atoms with E-state index in [0.29, 0.717) is 5.75 Å². The Morgan fingerprint density at radius 1 is 1.47 bits per heavy atom. The molecule has 0 saturated heterocycles. The number of carbonyl (C=O) groups is 1. The molecule has 1 rings (SSSR count). The van der Waals surface area contributed by atoms with Gasteiger partial charge in [0.25, 0.3) is 5.91 Å². The zero-order chi connectivity index (χ0) is 12.8. The van der Waals surface area contributed by atoms with Crippen LogP contribution in [-0.4, -0.2) is 23.2 Å². The van der Waals surface area contributed by atoms with Crippen LogP contribution < -0.4 is 10.1 Å². The molecule has 0 spiro atoms. The van der Waals surface area contributed by atoms with E-state index in [1.165, 1.54) is 6.07 Å². The highest BCUT2D eigenvalue weighted by molar-refractivity contribution is 5.80. The second-order valence-corrected chi connectivity index (χ2v) is 4.08. The van der Waals surface area contributed by atoms with Gasteiger partial charge in [0.2, 0.25) is 0 Å². The van der Waals surface area contributed by atoms with Crippen molar-refractivity contribution < 1.29 is 14.6 Å². The smallest absolute Gasteiger partial charge is 0.260 e. The lowest BCUT2D eigenvalue weighted by Gasteiger charge is -2.17. The van der Waals surface area contributed by atoms with E-state index in [-0.39, 0.29) is 17.7 Å². The van der Waals surface area contributed by atoms with Crippen molar-refractivity contribution in [3.8, 4) is 11.5 Å². The van der Waals surface area contributed by atoms with Crippen LogP contribution in [0.4, 0.5) is 0 Å². The Labute approximate surface area is 102 Å². The quantitative estimate of drug-likeness (QED) is 0.824. The van der Waals surface area contributed by atoms with E-state index in [9.17, 15) is 9.90 Å². The van der Waals surface area contributed by atoms with Crippen molar-refractivity contribution in [1.82, 2.24) is 5.32 Å². The molecule has 1 aromatic rings. The minimum absolute atomic E-state index is 0.122. The number of carbonyl (C=O) groups excluding carboxylic acids is 1. The number of rotatable bonds is 5. The zero-order valence-electron chi connectivity index (χ0n) is 10.4. The van der Waals surface area contributed by atoms with Crippen molar-refractivity contribution in [2.45, 2.75) is 39.3 Å². The number of aromatic hydroxyl groups is 1. The van der Waals surface area contributed by atoms with Crippen LogP contribution in [0.25, 0.3) is 0 Å². The van der Waals surface area contributed by atoms with Crippen molar-refractivity contribution in [3.63, 3.8) is 0 Å². The summed E-state index contributed by atoms with van der Waals surface area (Å²) in [7, 11) is 0. The summed E-state index contributed by atoms with van der Waals surface area (Å²) in [5.41, 5.74) is 0. The molecule has 4 nitrogen and oxygen atoms in total. The van der Waals surface area contributed by atoms with Gasteiger partial charge in [0.1, 0.15) is 11.5 Å². The number of phenols is 1. The van der Waals surface area contributed by atoms with E-state index in [1.54, 1.807) is 25.1 Å². The van der Waals surface area contributed by atoms with E-state index in [2.05, 4.69) is 5.32 Å². The topological polar surface area (TPSA) is 58.6 Å². The zero-order valence-corrected chi connectivity index (χ0v) is 10.4. The van der Waals surface area contributed by atoms with Crippen LogP contribution in [0.15, 0.2) is 24.3 Å². The third-order valence-electron chi connectivity index (χ3n) is 2.50. The van der Waals surface area contributed by atoms with Gasteiger partial charge in [0, 0.05) is 12.1 Å². The lowest BCUT2D eigenvalue weighted by molar-refractivity contribution is -0.127. The van der Waals surface area contributed by atoms with Crippen LogP contribution in [0, 0.1) is 0 Å². The maximum absolute atomic E-state index is 11.7. The second kappa shape index (κ2) is 6.13. The molecular formula is C13H19NO3. The predicted octanol–water partition coefficient (Wildman–Crippen LogP) is 2.07. The highest BCUT2D eigenvalue weighted by Gasteiger charge is 2.16. The van der Waals surface area contributed by atoms with E-state index < -0.39 is 6.10 Å². The molecule has 0 heterocycles. The lowest BCUT2D eigenvalue weighted by atomic mass is 10.2. The Bertz CT molecular complexity index is 379. The largest absolute Gasteiger partial charge is 0.508 e. The summed E-state index contributed by atoms with van der Waals surface area (Å²) in [6.45, 7) is 5.63. The Hall–Kier alpha value is -1.71. The van der Waals surface area contributed by atoms with Crippen LogP contribution in [-0.2, 0) is 4.79 Å². The number of amides is 1. The van der Waals surface area contributed by atoms with Crippen LogP contribution in [0.3, 0.4) is 0 Å². The maximum atomic E-state index is 11.7. The molecule has 0 fully saturated rings. The molecule has 1 amide bonds. The van der Waals surface area contributed by atoms with Crippen molar-refractivity contribution in [3.05, 3.63) is 24.3 Å². The highest BCUT2D eigenvalue weighted by atomic mass is 16.5. The van der Waals surface area contributed by atoms with Crippen molar-refractivity contribution in [2.75, 3.05) is 0 Å². The average Bonchev–Trinajstić information content (AvgIpc) is 2.28. The maximum Gasteiger partial charge on any atom is 0.260 e. The Kier molecular flexibility index (Phi) is 4.82. The molecule has 2 atom stereocenters. The second-order valence-electron chi connectivity index (χ2n) is 4.08. The number of nitrogens with one attached hydrogen (secondary N) is 1. The summed E-state index contributed by atoms with van der Waals surface area (Å²) in [6, 6.07) is 6.54. The molecule has 0 aliphatic heterocycles. The monoisotopic (exact) mass is 237 g/mol. The van der Waals surface area contributed by atoms with Gasteiger partial charge in [-0.2, -0.15) is 0 Å². The number of hydrogen-bond acceptors (Lipinski definition) is 3. The Morgan fingerprint density at radius 2 is 2.18 bits per heavy atom. The summed E-state index contributed by atoms with van der Waals surface area (Å²) in [6.07, 6.45) is 0.302. The molecule has 0 aliphatic carbocycles. The number of ether oxygens (including phenoxy) is 1. The first-order valence-corrected chi connectivity index (χ1v) is 5.79. The summed E-state index contributed by atoms with van der Waals surface area (Å²) < 4.78 is 5.43. The summed E-state index contributed by atoms with van der Waals surface area (Å²) in [5.74, 6) is 0.455. The molecule has 0 radical (unpaired) electrons. The molecule has 2 unspecified atom stereocenters. The molecule has 94 valence electrons. The first-order chi connectivity index (χ1) is 8.02. The molecule has 0 aromatic heterocycles. The minimum Gasteiger partial charge on any atom is -0.508 e. The molecule has 2 N–H and O–H groups in total. The first-order valence-electron chi connectivity index (χ1n) is 5.79. The lowest BCUT2D eigenvalue weighted by Crippen LogP contribution is -2.40. The normalized spacial score (nSPS) is 13.8. The number of phenolic OH excluding ortho intramolecular Hbond substituents is 1. The Morgan fingerprint density at radius 3 is 2.76 bits per heavy atom. The first kappa shape index (κ1) is 13.4. The van der Waals surface area contributed by atoms with Crippen molar-refractivity contribution in [2.24, 2.45) is 0 Å². The highest BCUT2D eigenvalue weighted by Crippen LogP contribution is 2.18. The van der Waals surface area contributed by atoms with E-state index in [4.69, 9.17) is 4.74 Å². The standard InChI is InChI=1S/C13H19NO3/c1-4-9(2)14-13(16)10(3)17-12-7-5-6-11(15)8-12/h5-10,15H,4H2,1-3H3,(H,14,16). The third kappa shape index (κ3) is 4.34. The summed E-state index contributed by atoms with van der Waals surface area (Å²) >= 11 is 0. The van der Waals surface area contributed by atoms with Crippen molar-refractivity contribution in [1.29, 1.82) is 0 Å². The van der Waals surface area contributed by atoms with E-state index in [1.807, 2.05) is 13.8 Å². The molecule has 17 heavy (non-hydrogen) atoms. The van der Waals surface area contributed by atoms with Gasteiger partial charge in [0.15, 0.2) is 6.10 Å². The number of benzene rings is 1. The van der Waals surface area contributed by atoms with Gasteiger partial charge >= 0.3 is 0 Å². The summed E-state index contributed by atoms with van der Waals surface area (Å²) in [5, 5.41) is 12.1. The minimum atomic E-state index is -0.578. The van der Waals surface area contributed by atoms with Crippen LogP contribution in [0.1, 0.15) is 27.2 Å².